The van der Waals surface area contributed by atoms with Crippen LogP contribution in [0.2, 0.25) is 0 Å². The fourth-order valence-corrected chi connectivity index (χ4v) is 1.74. The molecule has 0 bridgehead atoms. The normalized spacial score (nSPS) is 35.0. The lowest BCUT2D eigenvalue weighted by Crippen LogP contribution is -2.55. The molecule has 0 fully saturated rings. The van der Waals surface area contributed by atoms with E-state index >= 15 is 0 Å². The van der Waals surface area contributed by atoms with E-state index in [2.05, 4.69) is 6.92 Å². The van der Waals surface area contributed by atoms with Crippen molar-refractivity contribution in [2.75, 3.05) is 0 Å². The molecule has 0 radical (unpaired) electrons. The summed E-state index contributed by atoms with van der Waals surface area (Å²) in [6, 6.07) is -0.157. The molecule has 2 atom stereocenters. The number of hydrogen-bond acceptors (Lipinski definition) is 2. The molecule has 2 unspecified atom stereocenters. The first-order valence-corrected chi connectivity index (χ1v) is 4.58. The van der Waals surface area contributed by atoms with Gasteiger partial charge in [-0.05, 0) is 12.5 Å². The molecule has 0 aromatic rings. The van der Waals surface area contributed by atoms with Crippen LogP contribution in [-0.4, -0.2) is 11.6 Å². The van der Waals surface area contributed by atoms with Crippen molar-refractivity contribution in [1.82, 2.24) is 0 Å². The van der Waals surface area contributed by atoms with E-state index < -0.39 is 5.54 Å². The molecule has 0 aromatic heterocycles. The molecule has 0 saturated heterocycles. The molecule has 0 amide bonds. The topological polar surface area (TPSA) is 52.0 Å². The summed E-state index contributed by atoms with van der Waals surface area (Å²) < 4.78 is 0. The lowest BCUT2D eigenvalue weighted by molar-refractivity contribution is 0.423. The van der Waals surface area contributed by atoms with E-state index in [4.69, 9.17) is 23.1 Å². The third-order valence-corrected chi connectivity index (χ3v) is 2.74. The van der Waals surface area contributed by atoms with Crippen LogP contribution in [-0.2, 0) is 0 Å². The molecule has 2 nitrogen and oxygen atoms in total. The smallest absolute Gasteiger partial charge is 0.0706 e. The van der Waals surface area contributed by atoms with Gasteiger partial charge in [0, 0.05) is 11.1 Å². The number of nitrogens with two attached hydrogens (primary N) is 2. The van der Waals surface area contributed by atoms with Crippen molar-refractivity contribution in [2.24, 2.45) is 11.5 Å². The third kappa shape index (κ3) is 1.56. The van der Waals surface area contributed by atoms with Crippen LogP contribution in [0.25, 0.3) is 0 Å². The average molecular weight is 187 g/mol. The predicted molar refractivity (Wildman–Crippen MR) is 52.9 cm³/mol. The van der Waals surface area contributed by atoms with Gasteiger partial charge in [0.15, 0.2) is 0 Å². The maximum atomic E-state index is 6.08. The van der Waals surface area contributed by atoms with E-state index in [0.717, 1.165) is 12.8 Å². The van der Waals surface area contributed by atoms with Crippen molar-refractivity contribution >= 4 is 11.6 Å². The van der Waals surface area contributed by atoms with Gasteiger partial charge in [0.1, 0.15) is 0 Å². The second-order valence-electron chi connectivity index (χ2n) is 3.22. The summed E-state index contributed by atoms with van der Waals surface area (Å²) >= 11 is 6.00. The van der Waals surface area contributed by atoms with Gasteiger partial charge >= 0.3 is 0 Å². The summed E-state index contributed by atoms with van der Waals surface area (Å²) in [6.45, 7) is 2.07. The highest BCUT2D eigenvalue weighted by Gasteiger charge is 2.34. The molecule has 1 aliphatic rings. The summed E-state index contributed by atoms with van der Waals surface area (Å²) in [5.41, 5.74) is 11.4. The van der Waals surface area contributed by atoms with Crippen LogP contribution in [0.5, 0.6) is 0 Å². The SMILES string of the molecule is CCCC1(N)C(Cl)=CC=CC1N. The first-order chi connectivity index (χ1) is 5.61. The fourth-order valence-electron chi connectivity index (χ4n) is 1.45. The van der Waals surface area contributed by atoms with Gasteiger partial charge in [0.05, 0.1) is 5.54 Å². The molecule has 1 rings (SSSR count). The van der Waals surface area contributed by atoms with Crippen molar-refractivity contribution < 1.29 is 0 Å². The van der Waals surface area contributed by atoms with Gasteiger partial charge in [0.25, 0.3) is 0 Å². The maximum absolute atomic E-state index is 6.08. The van der Waals surface area contributed by atoms with Crippen LogP contribution in [0.4, 0.5) is 0 Å². The Bertz CT molecular complexity index is 223. The Morgan fingerprint density at radius 2 is 2.33 bits per heavy atom. The number of hydrogen-bond donors (Lipinski definition) is 2. The quantitative estimate of drug-likeness (QED) is 0.687. The van der Waals surface area contributed by atoms with E-state index in [0.29, 0.717) is 5.03 Å². The average Bonchev–Trinajstić information content (AvgIpc) is 2.02. The second kappa shape index (κ2) is 3.60. The highest BCUT2D eigenvalue weighted by molar-refractivity contribution is 6.31. The summed E-state index contributed by atoms with van der Waals surface area (Å²) in [7, 11) is 0. The zero-order valence-corrected chi connectivity index (χ0v) is 8.01. The van der Waals surface area contributed by atoms with Gasteiger partial charge in [-0.3, -0.25) is 0 Å². The molecule has 12 heavy (non-hydrogen) atoms. The molecule has 4 N–H and O–H groups in total. The van der Waals surface area contributed by atoms with Crippen molar-refractivity contribution in [1.29, 1.82) is 0 Å². The summed E-state index contributed by atoms with van der Waals surface area (Å²) in [5, 5.41) is 0.666. The van der Waals surface area contributed by atoms with E-state index in [1.54, 1.807) is 0 Å². The van der Waals surface area contributed by atoms with E-state index in [1.165, 1.54) is 0 Å². The Balaban J connectivity index is 2.86. The van der Waals surface area contributed by atoms with Gasteiger partial charge in [-0.25, -0.2) is 0 Å². The van der Waals surface area contributed by atoms with Crippen LogP contribution >= 0.6 is 11.6 Å². The van der Waals surface area contributed by atoms with E-state index in [-0.39, 0.29) is 6.04 Å². The Morgan fingerprint density at radius 3 is 2.83 bits per heavy atom. The van der Waals surface area contributed by atoms with Crippen molar-refractivity contribution in [3.8, 4) is 0 Å². The summed E-state index contributed by atoms with van der Waals surface area (Å²) in [4.78, 5) is 0. The van der Waals surface area contributed by atoms with Crippen molar-refractivity contribution in [3.05, 3.63) is 23.3 Å². The molecule has 0 heterocycles. The van der Waals surface area contributed by atoms with Gasteiger partial charge < -0.3 is 11.5 Å². The third-order valence-electron chi connectivity index (χ3n) is 2.26. The maximum Gasteiger partial charge on any atom is 0.0706 e. The molecule has 0 saturated carbocycles. The Hall–Kier alpha value is -0.310. The number of rotatable bonds is 2. The Kier molecular flexibility index (Phi) is 2.94. The van der Waals surface area contributed by atoms with Gasteiger partial charge in [-0.15, -0.1) is 0 Å². The first kappa shape index (κ1) is 9.78. The minimum atomic E-state index is -0.537. The van der Waals surface area contributed by atoms with Crippen LogP contribution in [0.3, 0.4) is 0 Å². The zero-order chi connectivity index (χ0) is 9.19. The van der Waals surface area contributed by atoms with Crippen LogP contribution in [0.15, 0.2) is 23.3 Å². The molecule has 0 aliphatic heterocycles. The van der Waals surface area contributed by atoms with E-state index in [9.17, 15) is 0 Å². The van der Waals surface area contributed by atoms with Gasteiger partial charge in [-0.1, -0.05) is 37.1 Å². The Labute approximate surface area is 78.3 Å². The molecule has 1 aliphatic carbocycles. The summed E-state index contributed by atoms with van der Waals surface area (Å²) in [5.74, 6) is 0. The first-order valence-electron chi connectivity index (χ1n) is 4.20. The van der Waals surface area contributed by atoms with Crippen LogP contribution in [0, 0.1) is 0 Å². The van der Waals surface area contributed by atoms with Gasteiger partial charge in [0.2, 0.25) is 0 Å². The largest absolute Gasteiger partial charge is 0.323 e. The molecular formula is C9H15ClN2. The van der Waals surface area contributed by atoms with Gasteiger partial charge in [-0.2, -0.15) is 0 Å². The number of allylic oxidation sites excluding steroid dienone is 2. The number of halogens is 1. The second-order valence-corrected chi connectivity index (χ2v) is 3.62. The predicted octanol–water partition coefficient (Wildman–Crippen LogP) is 1.50. The summed E-state index contributed by atoms with van der Waals surface area (Å²) in [6.07, 6.45) is 7.38. The standard InChI is InChI=1S/C9H15ClN2/c1-2-6-9(12)7(10)4-3-5-8(9)11/h3-5,8H,2,6,11-12H2,1H3. The lowest BCUT2D eigenvalue weighted by Gasteiger charge is -2.35. The monoisotopic (exact) mass is 186 g/mol. The lowest BCUT2D eigenvalue weighted by atomic mass is 9.83. The zero-order valence-electron chi connectivity index (χ0n) is 7.26. The van der Waals surface area contributed by atoms with Crippen LogP contribution in [0.1, 0.15) is 19.8 Å². The van der Waals surface area contributed by atoms with Crippen molar-refractivity contribution in [2.45, 2.75) is 31.3 Å². The van der Waals surface area contributed by atoms with Crippen LogP contribution < -0.4 is 11.5 Å². The molecule has 0 spiro atoms. The highest BCUT2D eigenvalue weighted by Crippen LogP contribution is 2.29. The molecule has 0 aromatic carbocycles. The molecule has 3 heteroatoms. The molecular weight excluding hydrogens is 172 g/mol. The Morgan fingerprint density at radius 1 is 1.67 bits per heavy atom. The minimum absolute atomic E-state index is 0.157. The molecule has 68 valence electrons. The van der Waals surface area contributed by atoms with E-state index in [1.807, 2.05) is 18.2 Å². The van der Waals surface area contributed by atoms with Crippen molar-refractivity contribution in [3.63, 3.8) is 0 Å². The minimum Gasteiger partial charge on any atom is -0.323 e. The highest BCUT2D eigenvalue weighted by atomic mass is 35.5. The fraction of sp³-hybridized carbons (Fsp3) is 0.556.